The average Bonchev–Trinajstić information content (AvgIpc) is 2.70. The maximum Gasteiger partial charge on any atom is 0.251 e. The van der Waals surface area contributed by atoms with Crippen molar-refractivity contribution in [2.24, 2.45) is 5.92 Å². The number of benzene rings is 1. The van der Waals surface area contributed by atoms with Crippen LogP contribution in [0.1, 0.15) is 31.7 Å². The number of likely N-dealkylation sites (tertiary alicyclic amines) is 1. The highest BCUT2D eigenvalue weighted by atomic mass is 16.5. The molecule has 0 aliphatic carbocycles. The van der Waals surface area contributed by atoms with Gasteiger partial charge in [0, 0.05) is 37.7 Å². The van der Waals surface area contributed by atoms with Crippen LogP contribution in [0.3, 0.4) is 0 Å². The van der Waals surface area contributed by atoms with Crippen molar-refractivity contribution in [3.8, 4) is 5.75 Å². The normalized spacial score (nSPS) is 17.3. The molecule has 27 heavy (non-hydrogen) atoms. The molecule has 1 aromatic carbocycles. The van der Waals surface area contributed by atoms with E-state index in [-0.39, 0.29) is 11.5 Å². The van der Waals surface area contributed by atoms with E-state index < -0.39 is 0 Å². The summed E-state index contributed by atoms with van der Waals surface area (Å²) >= 11 is 0. The second-order valence-electron chi connectivity index (χ2n) is 7.08. The Morgan fingerprint density at radius 1 is 1.33 bits per heavy atom. The number of methoxy groups -OCH3 is 1. The van der Waals surface area contributed by atoms with Crippen LogP contribution in [0.5, 0.6) is 5.75 Å². The van der Waals surface area contributed by atoms with Gasteiger partial charge in [-0.2, -0.15) is 0 Å². The molecule has 2 heterocycles. The first-order chi connectivity index (χ1) is 13.1. The molecule has 1 fully saturated rings. The van der Waals surface area contributed by atoms with Crippen LogP contribution >= 0.6 is 0 Å². The number of ether oxygens (including phenoxy) is 2. The molecule has 0 saturated carbocycles. The molecule has 1 unspecified atom stereocenters. The summed E-state index contributed by atoms with van der Waals surface area (Å²) in [5.41, 5.74) is 1.24. The topological polar surface area (TPSA) is 71.6 Å². The summed E-state index contributed by atoms with van der Waals surface area (Å²) in [6.07, 6.45) is 2.92. The van der Waals surface area contributed by atoms with E-state index in [1.54, 1.807) is 13.2 Å². The average molecular weight is 372 g/mol. The number of carbonyl (C=O) groups excluding carboxylic acids is 1. The monoisotopic (exact) mass is 372 g/mol. The zero-order chi connectivity index (χ0) is 19.2. The molecule has 1 atom stereocenters. The van der Waals surface area contributed by atoms with Crippen molar-refractivity contribution in [1.82, 2.24) is 9.88 Å². The molecule has 0 radical (unpaired) electrons. The standard InChI is InChI=1S/C21H28N2O4/c1-3-27-14-15-5-4-10-23(13-15)20(24)9-7-17-11-16-6-8-18(26-2)12-19(16)22-21(17)25/h6,8,11-12,15H,3-5,7,9-10,13-14H2,1-2H3,(H,22,25). The van der Waals surface area contributed by atoms with Gasteiger partial charge < -0.3 is 19.4 Å². The quantitative estimate of drug-likeness (QED) is 0.811. The second kappa shape index (κ2) is 9.04. The molecule has 1 amide bonds. The summed E-state index contributed by atoms with van der Waals surface area (Å²) in [5, 5.41) is 0.938. The van der Waals surface area contributed by atoms with Gasteiger partial charge in [-0.3, -0.25) is 9.59 Å². The summed E-state index contributed by atoms with van der Waals surface area (Å²) in [6, 6.07) is 7.45. The number of hydrogen-bond donors (Lipinski definition) is 1. The number of nitrogens with one attached hydrogen (secondary N) is 1. The summed E-state index contributed by atoms with van der Waals surface area (Å²) in [4.78, 5) is 29.8. The Morgan fingerprint density at radius 2 is 2.19 bits per heavy atom. The molecule has 1 aromatic heterocycles. The van der Waals surface area contributed by atoms with Crippen molar-refractivity contribution >= 4 is 16.8 Å². The van der Waals surface area contributed by atoms with Gasteiger partial charge in [-0.15, -0.1) is 0 Å². The molecule has 3 rings (SSSR count). The Balaban J connectivity index is 1.63. The molecule has 1 N–H and O–H groups in total. The lowest BCUT2D eigenvalue weighted by Crippen LogP contribution is -2.41. The highest BCUT2D eigenvalue weighted by molar-refractivity contribution is 5.81. The Morgan fingerprint density at radius 3 is 2.96 bits per heavy atom. The second-order valence-corrected chi connectivity index (χ2v) is 7.08. The van der Waals surface area contributed by atoms with Crippen molar-refractivity contribution in [2.45, 2.75) is 32.6 Å². The van der Waals surface area contributed by atoms with Crippen molar-refractivity contribution in [1.29, 1.82) is 0 Å². The largest absolute Gasteiger partial charge is 0.497 e. The van der Waals surface area contributed by atoms with Crippen molar-refractivity contribution in [2.75, 3.05) is 33.4 Å². The smallest absolute Gasteiger partial charge is 0.251 e. The lowest BCUT2D eigenvalue weighted by Gasteiger charge is -2.32. The first-order valence-electron chi connectivity index (χ1n) is 9.66. The van der Waals surface area contributed by atoms with Gasteiger partial charge in [-0.25, -0.2) is 0 Å². The lowest BCUT2D eigenvalue weighted by atomic mass is 9.98. The third-order valence-electron chi connectivity index (χ3n) is 5.17. The van der Waals surface area contributed by atoms with Crippen LogP contribution in [0.15, 0.2) is 29.1 Å². The van der Waals surface area contributed by atoms with Gasteiger partial charge in [0.2, 0.25) is 5.91 Å². The van der Waals surface area contributed by atoms with E-state index in [1.807, 2.05) is 30.0 Å². The summed E-state index contributed by atoms with van der Waals surface area (Å²) < 4.78 is 10.7. The maximum absolute atomic E-state index is 12.6. The molecule has 2 aromatic rings. The van der Waals surface area contributed by atoms with Gasteiger partial charge in [-0.05, 0) is 55.7 Å². The SMILES string of the molecule is CCOCC1CCCN(C(=O)CCc2cc3ccc(OC)cc3[nH]c2=O)C1. The zero-order valence-corrected chi connectivity index (χ0v) is 16.1. The fourth-order valence-electron chi connectivity index (χ4n) is 3.65. The molecule has 0 bridgehead atoms. The van der Waals surface area contributed by atoms with E-state index in [9.17, 15) is 9.59 Å². The number of pyridine rings is 1. The highest BCUT2D eigenvalue weighted by Gasteiger charge is 2.23. The number of H-pyrrole nitrogens is 1. The van der Waals surface area contributed by atoms with Gasteiger partial charge in [0.15, 0.2) is 0 Å². The Hall–Kier alpha value is -2.34. The van der Waals surface area contributed by atoms with Crippen molar-refractivity contribution < 1.29 is 14.3 Å². The van der Waals surface area contributed by atoms with Gasteiger partial charge in [-0.1, -0.05) is 0 Å². The van der Waals surface area contributed by atoms with Crippen LogP contribution in [-0.2, 0) is 16.0 Å². The number of carbonyl (C=O) groups is 1. The third-order valence-corrected chi connectivity index (χ3v) is 5.17. The fraction of sp³-hybridized carbons (Fsp3) is 0.524. The number of nitrogens with zero attached hydrogens (tertiary/aromatic N) is 1. The zero-order valence-electron chi connectivity index (χ0n) is 16.1. The molecule has 1 aliphatic heterocycles. The highest BCUT2D eigenvalue weighted by Crippen LogP contribution is 2.20. The summed E-state index contributed by atoms with van der Waals surface area (Å²) in [5.74, 6) is 1.24. The van der Waals surface area contributed by atoms with Gasteiger partial charge >= 0.3 is 0 Å². The molecular formula is C21H28N2O4. The molecule has 1 aliphatic rings. The van der Waals surface area contributed by atoms with Crippen LogP contribution in [0.4, 0.5) is 0 Å². The van der Waals surface area contributed by atoms with Crippen molar-refractivity contribution in [3.63, 3.8) is 0 Å². The number of amides is 1. The number of aryl methyl sites for hydroxylation is 1. The summed E-state index contributed by atoms with van der Waals surface area (Å²) in [6.45, 7) is 4.97. The Labute approximate surface area is 159 Å². The van der Waals surface area contributed by atoms with Crippen LogP contribution in [-0.4, -0.2) is 49.2 Å². The van der Waals surface area contributed by atoms with Crippen LogP contribution in [0, 0.1) is 5.92 Å². The minimum absolute atomic E-state index is 0.116. The molecule has 6 nitrogen and oxygen atoms in total. The first-order valence-corrected chi connectivity index (χ1v) is 9.66. The van der Waals surface area contributed by atoms with E-state index in [1.165, 1.54) is 0 Å². The van der Waals surface area contributed by atoms with Crippen LogP contribution < -0.4 is 10.3 Å². The molecular weight excluding hydrogens is 344 g/mol. The molecule has 0 spiro atoms. The lowest BCUT2D eigenvalue weighted by molar-refractivity contribution is -0.133. The maximum atomic E-state index is 12.6. The minimum atomic E-state index is -0.142. The molecule has 1 saturated heterocycles. The van der Waals surface area contributed by atoms with E-state index in [0.29, 0.717) is 43.3 Å². The van der Waals surface area contributed by atoms with Gasteiger partial charge in [0.1, 0.15) is 5.75 Å². The van der Waals surface area contributed by atoms with Crippen LogP contribution in [0.2, 0.25) is 0 Å². The Kier molecular flexibility index (Phi) is 6.50. The minimum Gasteiger partial charge on any atom is -0.497 e. The predicted molar refractivity (Wildman–Crippen MR) is 105 cm³/mol. The predicted octanol–water partition coefficient (Wildman–Crippen LogP) is 2.74. The number of piperidine rings is 1. The number of fused-ring (bicyclic) bond motifs is 1. The molecule has 146 valence electrons. The number of aromatic amines is 1. The Bertz CT molecular complexity index is 846. The van der Waals surface area contributed by atoms with Gasteiger partial charge in [0.05, 0.1) is 19.2 Å². The fourth-order valence-corrected chi connectivity index (χ4v) is 3.65. The van der Waals surface area contributed by atoms with E-state index in [4.69, 9.17) is 9.47 Å². The van der Waals surface area contributed by atoms with Crippen molar-refractivity contribution in [3.05, 3.63) is 40.2 Å². The number of hydrogen-bond acceptors (Lipinski definition) is 4. The van der Waals surface area contributed by atoms with E-state index >= 15 is 0 Å². The molecule has 6 heteroatoms. The van der Waals surface area contributed by atoms with E-state index in [0.717, 1.165) is 36.8 Å². The summed E-state index contributed by atoms with van der Waals surface area (Å²) in [7, 11) is 1.60. The number of aromatic nitrogens is 1. The number of rotatable bonds is 7. The van der Waals surface area contributed by atoms with Crippen LogP contribution in [0.25, 0.3) is 10.9 Å². The third kappa shape index (κ3) is 4.89. The van der Waals surface area contributed by atoms with Gasteiger partial charge in [0.25, 0.3) is 5.56 Å². The van der Waals surface area contributed by atoms with E-state index in [2.05, 4.69) is 4.98 Å². The first kappa shape index (κ1) is 19.4.